The molecule has 5 fully saturated rings. The highest BCUT2D eigenvalue weighted by Gasteiger charge is 2.72. The van der Waals surface area contributed by atoms with Crippen LogP contribution in [0.2, 0.25) is 0 Å². The molecule has 0 amide bonds. The van der Waals surface area contributed by atoms with Gasteiger partial charge in [0.1, 0.15) is 5.75 Å². The van der Waals surface area contributed by atoms with Crippen molar-refractivity contribution in [2.75, 3.05) is 33.4 Å². The highest BCUT2D eigenvalue weighted by atomic mass is 16.5. The Hall–Kier alpha value is -1.14. The SMILES string of the molecule is COc1ccc([C@]2(O)CC[C@]3(O)[C@@H]4CC[C@@H]5C[C@@H](OCCN6CCCC6)CC[C@]5(C)[C@H]4CC[C@]23C)cc1. The first-order valence-corrected chi connectivity index (χ1v) is 15.2. The second-order valence-corrected chi connectivity index (χ2v) is 13.7. The normalized spacial score (nSPS) is 45.8. The maximum absolute atomic E-state index is 12.5. The third-order valence-corrected chi connectivity index (χ3v) is 12.5. The fourth-order valence-corrected chi connectivity index (χ4v) is 10.0. The Morgan fingerprint density at radius 3 is 2.38 bits per heavy atom. The standard InChI is InChI=1S/C32H49NO4/c1-29-14-12-26(37-21-20-33-18-4-5-19-33)22-24(29)8-11-28-27(29)13-15-30(2)31(34,16-17-32(28,30)35)23-6-9-25(36-3)10-7-23/h6-7,9-10,24,26-28,34-35H,4-5,8,11-22H2,1-3H3/t24-,26+,27+,28-,29+,30-,31-,32+/m1/s1. The number of hydrogen-bond donors (Lipinski definition) is 2. The van der Waals surface area contributed by atoms with Crippen molar-refractivity contribution in [1.82, 2.24) is 4.90 Å². The summed E-state index contributed by atoms with van der Waals surface area (Å²) >= 11 is 0. The average molecular weight is 512 g/mol. The van der Waals surface area contributed by atoms with Crippen molar-refractivity contribution in [3.63, 3.8) is 0 Å². The first-order valence-electron chi connectivity index (χ1n) is 15.2. The molecule has 4 saturated carbocycles. The molecule has 0 radical (unpaired) electrons. The maximum atomic E-state index is 12.5. The predicted octanol–water partition coefficient (Wildman–Crippen LogP) is 5.52. The maximum Gasteiger partial charge on any atom is 0.118 e. The molecular weight excluding hydrogens is 462 g/mol. The number of hydrogen-bond acceptors (Lipinski definition) is 5. The summed E-state index contributed by atoms with van der Waals surface area (Å²) in [6, 6.07) is 7.89. The van der Waals surface area contributed by atoms with E-state index >= 15 is 0 Å². The second-order valence-electron chi connectivity index (χ2n) is 13.7. The van der Waals surface area contributed by atoms with Crippen molar-refractivity contribution in [3.8, 4) is 5.75 Å². The van der Waals surface area contributed by atoms with Crippen LogP contribution in [0.4, 0.5) is 0 Å². The van der Waals surface area contributed by atoms with Crippen LogP contribution in [0.15, 0.2) is 24.3 Å². The van der Waals surface area contributed by atoms with Crippen LogP contribution in [0.5, 0.6) is 5.75 Å². The van der Waals surface area contributed by atoms with Crippen molar-refractivity contribution >= 4 is 0 Å². The molecule has 2 N–H and O–H groups in total. The molecular formula is C32H49NO4. The first-order chi connectivity index (χ1) is 17.7. The molecule has 1 aliphatic heterocycles. The van der Waals surface area contributed by atoms with Crippen LogP contribution in [0, 0.1) is 28.6 Å². The number of likely N-dealkylation sites (tertiary alicyclic amines) is 1. The zero-order valence-corrected chi connectivity index (χ0v) is 23.4. The van der Waals surface area contributed by atoms with Crippen LogP contribution in [-0.2, 0) is 10.3 Å². The van der Waals surface area contributed by atoms with Crippen molar-refractivity contribution in [1.29, 1.82) is 0 Å². The van der Waals surface area contributed by atoms with Crippen molar-refractivity contribution < 1.29 is 19.7 Å². The largest absolute Gasteiger partial charge is 0.497 e. The van der Waals surface area contributed by atoms with E-state index in [4.69, 9.17) is 9.47 Å². The fraction of sp³-hybridized carbons (Fsp3) is 0.812. The minimum atomic E-state index is -1.00. The molecule has 1 saturated heterocycles. The van der Waals surface area contributed by atoms with Crippen LogP contribution in [0.1, 0.15) is 90.0 Å². The lowest BCUT2D eigenvalue weighted by molar-refractivity contribution is -0.239. The van der Waals surface area contributed by atoms with E-state index in [0.717, 1.165) is 50.1 Å². The molecule has 4 aliphatic carbocycles. The Bertz CT molecular complexity index is 962. The summed E-state index contributed by atoms with van der Waals surface area (Å²) < 4.78 is 11.8. The number of nitrogens with zero attached hydrogens (tertiary/aromatic N) is 1. The summed E-state index contributed by atoms with van der Waals surface area (Å²) in [5.41, 5.74) is -1.15. The topological polar surface area (TPSA) is 62.2 Å². The van der Waals surface area contributed by atoms with E-state index in [-0.39, 0.29) is 11.3 Å². The lowest BCUT2D eigenvalue weighted by atomic mass is 9.43. The van der Waals surface area contributed by atoms with Gasteiger partial charge in [0, 0.05) is 12.0 Å². The highest BCUT2D eigenvalue weighted by molar-refractivity contribution is 5.36. The summed E-state index contributed by atoms with van der Waals surface area (Å²) in [7, 11) is 1.67. The van der Waals surface area contributed by atoms with Crippen LogP contribution < -0.4 is 4.74 Å². The van der Waals surface area contributed by atoms with Gasteiger partial charge in [-0.3, -0.25) is 0 Å². The third kappa shape index (κ3) is 3.93. The van der Waals surface area contributed by atoms with Gasteiger partial charge in [-0.2, -0.15) is 0 Å². The minimum Gasteiger partial charge on any atom is -0.497 e. The summed E-state index contributed by atoms with van der Waals surface area (Å²) in [5.74, 6) is 2.30. The summed E-state index contributed by atoms with van der Waals surface area (Å²) in [5, 5.41) is 24.7. The van der Waals surface area contributed by atoms with Gasteiger partial charge in [0.25, 0.3) is 0 Å². The molecule has 5 aliphatic rings. The number of rotatable bonds is 6. The van der Waals surface area contributed by atoms with Gasteiger partial charge in [0.15, 0.2) is 0 Å². The Morgan fingerprint density at radius 1 is 0.892 bits per heavy atom. The Balaban J connectivity index is 1.16. The molecule has 0 bridgehead atoms. The first kappa shape index (κ1) is 26.1. The Kier molecular flexibility index (Phi) is 6.70. The highest BCUT2D eigenvalue weighted by Crippen LogP contribution is 2.71. The van der Waals surface area contributed by atoms with E-state index < -0.39 is 16.6 Å². The lowest BCUT2D eigenvalue weighted by Crippen LogP contribution is -2.64. The van der Waals surface area contributed by atoms with E-state index in [1.807, 2.05) is 24.3 Å². The zero-order valence-electron chi connectivity index (χ0n) is 23.4. The molecule has 1 heterocycles. The monoisotopic (exact) mass is 511 g/mol. The second kappa shape index (κ2) is 9.50. The number of ether oxygens (including phenoxy) is 2. The molecule has 0 aromatic heterocycles. The fourth-order valence-electron chi connectivity index (χ4n) is 10.0. The smallest absolute Gasteiger partial charge is 0.118 e. The van der Waals surface area contributed by atoms with Crippen LogP contribution in [0.25, 0.3) is 0 Å². The Labute approximate surface area is 223 Å². The third-order valence-electron chi connectivity index (χ3n) is 12.5. The Morgan fingerprint density at radius 2 is 1.65 bits per heavy atom. The van der Waals surface area contributed by atoms with Gasteiger partial charge in [-0.1, -0.05) is 26.0 Å². The van der Waals surface area contributed by atoms with E-state index in [1.54, 1.807) is 7.11 Å². The van der Waals surface area contributed by atoms with E-state index in [2.05, 4.69) is 18.7 Å². The van der Waals surface area contributed by atoms with E-state index in [0.29, 0.717) is 30.8 Å². The molecule has 37 heavy (non-hydrogen) atoms. The van der Waals surface area contributed by atoms with Crippen LogP contribution in [-0.4, -0.2) is 60.2 Å². The number of fused-ring (bicyclic) bond motifs is 5. The van der Waals surface area contributed by atoms with Gasteiger partial charge in [0.05, 0.1) is 31.0 Å². The van der Waals surface area contributed by atoms with E-state index in [9.17, 15) is 10.2 Å². The molecule has 5 nitrogen and oxygen atoms in total. The molecule has 206 valence electrons. The molecule has 5 heteroatoms. The van der Waals surface area contributed by atoms with Gasteiger partial charge < -0.3 is 24.6 Å². The summed E-state index contributed by atoms with van der Waals surface area (Å²) in [4.78, 5) is 2.55. The van der Waals surface area contributed by atoms with Gasteiger partial charge in [-0.25, -0.2) is 0 Å². The van der Waals surface area contributed by atoms with Gasteiger partial charge in [0.2, 0.25) is 0 Å². The molecule has 1 aromatic carbocycles. The zero-order chi connectivity index (χ0) is 25.9. The van der Waals surface area contributed by atoms with Crippen LogP contribution >= 0.6 is 0 Å². The van der Waals surface area contributed by atoms with Crippen molar-refractivity contribution in [2.24, 2.45) is 28.6 Å². The quantitative estimate of drug-likeness (QED) is 0.527. The minimum absolute atomic E-state index is 0.271. The summed E-state index contributed by atoms with van der Waals surface area (Å²) in [6.45, 7) is 9.17. The molecule has 1 aromatic rings. The van der Waals surface area contributed by atoms with Crippen molar-refractivity contribution in [2.45, 2.75) is 102 Å². The lowest BCUT2D eigenvalue weighted by Gasteiger charge is -2.64. The predicted molar refractivity (Wildman–Crippen MR) is 145 cm³/mol. The molecule has 8 atom stereocenters. The van der Waals surface area contributed by atoms with Crippen LogP contribution in [0.3, 0.4) is 0 Å². The molecule has 6 rings (SSSR count). The number of benzene rings is 1. The van der Waals surface area contributed by atoms with Gasteiger partial charge >= 0.3 is 0 Å². The number of aliphatic hydroxyl groups is 2. The number of methoxy groups -OCH3 is 1. The molecule has 0 unspecified atom stereocenters. The molecule has 0 spiro atoms. The van der Waals surface area contributed by atoms with Crippen molar-refractivity contribution in [3.05, 3.63) is 29.8 Å². The van der Waals surface area contributed by atoms with Gasteiger partial charge in [-0.05, 0) is 125 Å². The average Bonchev–Trinajstić information content (AvgIpc) is 3.50. The van der Waals surface area contributed by atoms with E-state index in [1.165, 1.54) is 45.2 Å². The summed E-state index contributed by atoms with van der Waals surface area (Å²) in [6.07, 6.45) is 12.2. The van der Waals surface area contributed by atoms with Gasteiger partial charge in [-0.15, -0.1) is 0 Å².